The summed E-state index contributed by atoms with van der Waals surface area (Å²) in [5, 5.41) is 38.6. The molecule has 5 amide bonds. The molecular formula is C61H67F3N10O13S. The SMILES string of the molecule is CCOC(=O)C1=C(O)/C(=C/c2ccc(OCCOCCOCCOCCNC(=O)c3cc(N(C)C(=O)N(C)c4ccc(C5=NCCN5)cc4)cc(N(C)C(=O)N(C)c4ccc(C5=NCCN5)cc4)c3)c(O)c2)SC1=Nc1ccccc1.O=C(O)C(F)(F)F. The first-order valence-corrected chi connectivity index (χ1v) is 28.4. The van der Waals surface area contributed by atoms with Gasteiger partial charge in [-0.2, -0.15) is 13.2 Å². The summed E-state index contributed by atoms with van der Waals surface area (Å²) in [5.74, 6) is -2.39. The monoisotopic (exact) mass is 1240 g/mol. The van der Waals surface area contributed by atoms with Crippen LogP contribution >= 0.6 is 11.8 Å². The minimum Gasteiger partial charge on any atom is -0.506 e. The molecule has 8 rings (SSSR count). The summed E-state index contributed by atoms with van der Waals surface area (Å²) in [7, 11) is 6.57. The number of rotatable bonds is 24. The molecule has 5 aromatic carbocycles. The molecule has 0 saturated heterocycles. The van der Waals surface area contributed by atoms with Gasteiger partial charge in [-0.15, -0.1) is 0 Å². The third kappa shape index (κ3) is 18.3. The maximum atomic E-state index is 14.0. The number of aliphatic hydroxyl groups excluding tert-OH is 1. The summed E-state index contributed by atoms with van der Waals surface area (Å²) in [5.41, 5.74) is 5.28. The zero-order valence-corrected chi connectivity index (χ0v) is 49.7. The molecule has 3 aliphatic rings. The van der Waals surface area contributed by atoms with Crippen LogP contribution in [0.15, 0.2) is 146 Å². The Bertz CT molecular complexity index is 3330. The quantitative estimate of drug-likeness (QED) is 0.0251. The molecule has 0 saturated carbocycles. The van der Waals surface area contributed by atoms with E-state index < -0.39 is 24.0 Å². The summed E-state index contributed by atoms with van der Waals surface area (Å²) >= 11 is 1.12. The normalized spacial score (nSPS) is 14.5. The fourth-order valence-electron chi connectivity index (χ4n) is 8.47. The van der Waals surface area contributed by atoms with Gasteiger partial charge in [-0.25, -0.2) is 24.2 Å². The minimum atomic E-state index is -5.08. The van der Waals surface area contributed by atoms with Crippen molar-refractivity contribution >= 4 is 92.9 Å². The van der Waals surface area contributed by atoms with Crippen LogP contribution in [0.1, 0.15) is 34.0 Å². The van der Waals surface area contributed by atoms with E-state index in [1.165, 1.54) is 25.7 Å². The Hall–Kier alpha value is -9.44. The molecule has 0 atom stereocenters. The fourth-order valence-corrected chi connectivity index (χ4v) is 9.51. The molecule has 0 aliphatic carbocycles. The van der Waals surface area contributed by atoms with Crippen LogP contribution in [0, 0.1) is 0 Å². The Balaban J connectivity index is 0.00000149. The lowest BCUT2D eigenvalue weighted by atomic mass is 10.1. The number of carbonyl (C=O) groups excluding carboxylic acids is 4. The highest BCUT2D eigenvalue weighted by atomic mass is 32.2. The number of aliphatic carboxylic acids is 1. The van der Waals surface area contributed by atoms with Crippen LogP contribution in [-0.2, 0) is 28.5 Å². The van der Waals surface area contributed by atoms with Crippen LogP contribution in [0.4, 0.5) is 51.2 Å². The van der Waals surface area contributed by atoms with Crippen molar-refractivity contribution in [3.05, 3.63) is 154 Å². The average Bonchev–Trinajstić information content (AvgIpc) is 2.53. The molecule has 88 heavy (non-hydrogen) atoms. The zero-order valence-electron chi connectivity index (χ0n) is 48.8. The van der Waals surface area contributed by atoms with E-state index in [-0.39, 0.29) is 93.2 Å². The van der Waals surface area contributed by atoms with E-state index in [0.29, 0.717) is 63.6 Å². The first kappa shape index (κ1) is 66.1. The topological polar surface area (TPSA) is 278 Å². The van der Waals surface area contributed by atoms with Crippen molar-refractivity contribution in [1.82, 2.24) is 16.0 Å². The number of hydrogen-bond donors (Lipinski definition) is 6. The Morgan fingerprint density at radius 2 is 1.17 bits per heavy atom. The molecule has 27 heteroatoms. The molecular weight excluding hydrogens is 1170 g/mol. The van der Waals surface area contributed by atoms with Gasteiger partial charge in [-0.05, 0) is 110 Å². The highest BCUT2D eigenvalue weighted by Crippen LogP contribution is 2.41. The second-order valence-corrected chi connectivity index (χ2v) is 20.3. The van der Waals surface area contributed by atoms with Crippen molar-refractivity contribution in [2.75, 3.05) is 133 Å². The van der Waals surface area contributed by atoms with E-state index in [2.05, 4.69) is 30.9 Å². The van der Waals surface area contributed by atoms with Gasteiger partial charge in [-0.3, -0.25) is 34.4 Å². The van der Waals surface area contributed by atoms with Gasteiger partial charge in [0.15, 0.2) is 11.5 Å². The second kappa shape index (κ2) is 31.8. The summed E-state index contributed by atoms with van der Waals surface area (Å²) in [6, 6.07) is 33.0. The molecule has 0 fully saturated rings. The number of urea groups is 2. The molecule has 0 spiro atoms. The zero-order chi connectivity index (χ0) is 63.3. The number of ether oxygens (including phenoxy) is 5. The average molecular weight is 1240 g/mol. The molecule has 3 aliphatic heterocycles. The minimum absolute atomic E-state index is 0.0256. The van der Waals surface area contributed by atoms with E-state index in [4.69, 9.17) is 33.6 Å². The number of phenolic OH excluding ortho intramolecular Hbond substituents is 1. The molecule has 0 aromatic heterocycles. The number of aliphatic hydroxyl groups is 1. The van der Waals surface area contributed by atoms with Crippen molar-refractivity contribution in [1.29, 1.82) is 0 Å². The molecule has 466 valence electrons. The number of nitrogens with one attached hydrogen (secondary N) is 3. The number of alkyl halides is 3. The van der Waals surface area contributed by atoms with Gasteiger partial charge in [0.25, 0.3) is 5.91 Å². The Morgan fingerprint density at radius 1 is 0.670 bits per heavy atom. The van der Waals surface area contributed by atoms with Gasteiger partial charge in [0.05, 0.1) is 69.9 Å². The number of carbonyl (C=O) groups is 5. The number of carboxylic acid groups (broad SMARTS) is 1. The molecule has 0 radical (unpaired) electrons. The number of amides is 5. The number of para-hydroxylation sites is 1. The smallest absolute Gasteiger partial charge is 0.490 e. The first-order chi connectivity index (χ1) is 42.2. The molecule has 0 unspecified atom stereocenters. The largest absolute Gasteiger partial charge is 0.506 e. The van der Waals surface area contributed by atoms with Crippen LogP contribution in [0.3, 0.4) is 0 Å². The third-order valence-electron chi connectivity index (χ3n) is 13.1. The van der Waals surface area contributed by atoms with E-state index in [9.17, 15) is 42.6 Å². The third-order valence-corrected chi connectivity index (χ3v) is 14.2. The fraction of sp³-hybridized carbons (Fsp3) is 0.311. The number of esters is 1. The van der Waals surface area contributed by atoms with E-state index in [0.717, 1.165) is 47.6 Å². The number of benzene rings is 5. The predicted octanol–water partition coefficient (Wildman–Crippen LogP) is 8.16. The molecule has 23 nitrogen and oxygen atoms in total. The number of carboxylic acids is 1. The number of nitrogens with zero attached hydrogens (tertiary/aromatic N) is 7. The van der Waals surface area contributed by atoms with Crippen molar-refractivity contribution in [2.45, 2.75) is 13.1 Å². The van der Waals surface area contributed by atoms with Gasteiger partial charge in [-0.1, -0.05) is 36.0 Å². The lowest BCUT2D eigenvalue weighted by Crippen LogP contribution is -2.40. The number of aromatic hydroxyl groups is 1. The van der Waals surface area contributed by atoms with Crippen LogP contribution in [0.5, 0.6) is 11.5 Å². The maximum Gasteiger partial charge on any atom is 0.490 e. The molecule has 0 bridgehead atoms. The number of halogens is 3. The Kier molecular flexibility index (Phi) is 23.9. The highest BCUT2D eigenvalue weighted by molar-refractivity contribution is 8.18. The predicted molar refractivity (Wildman–Crippen MR) is 330 cm³/mol. The van der Waals surface area contributed by atoms with Crippen molar-refractivity contribution in [2.24, 2.45) is 15.0 Å². The lowest BCUT2D eigenvalue weighted by molar-refractivity contribution is -0.192. The van der Waals surface area contributed by atoms with Gasteiger partial charge in [0, 0.05) is 87.3 Å². The Labute approximate surface area is 509 Å². The number of thioether (sulfide) groups is 1. The summed E-state index contributed by atoms with van der Waals surface area (Å²) in [6.07, 6.45) is -3.45. The van der Waals surface area contributed by atoms with Gasteiger partial charge in [0.1, 0.15) is 34.7 Å². The van der Waals surface area contributed by atoms with Crippen molar-refractivity contribution < 1.29 is 76.1 Å². The Morgan fingerprint density at radius 3 is 1.65 bits per heavy atom. The van der Waals surface area contributed by atoms with Crippen molar-refractivity contribution in [3.63, 3.8) is 0 Å². The van der Waals surface area contributed by atoms with Gasteiger partial charge >= 0.3 is 30.2 Å². The number of aliphatic imine (C=N–C) groups is 3. The summed E-state index contributed by atoms with van der Waals surface area (Å²) in [6.45, 7) is 6.66. The second-order valence-electron chi connectivity index (χ2n) is 19.2. The van der Waals surface area contributed by atoms with Crippen LogP contribution < -0.4 is 40.3 Å². The number of amidine groups is 2. The maximum absolute atomic E-state index is 14.0. The summed E-state index contributed by atoms with van der Waals surface area (Å²) < 4.78 is 59.6. The van der Waals surface area contributed by atoms with E-state index in [1.807, 2.05) is 66.7 Å². The number of phenols is 1. The van der Waals surface area contributed by atoms with E-state index >= 15 is 0 Å². The lowest BCUT2D eigenvalue weighted by Gasteiger charge is -2.28. The van der Waals surface area contributed by atoms with Crippen LogP contribution in [0.25, 0.3) is 6.08 Å². The molecule has 6 N–H and O–H groups in total. The first-order valence-electron chi connectivity index (χ1n) is 27.6. The molecule has 3 heterocycles. The van der Waals surface area contributed by atoms with E-state index in [1.54, 1.807) is 83.7 Å². The van der Waals surface area contributed by atoms with Crippen LogP contribution in [0.2, 0.25) is 0 Å². The number of anilines is 4. The standard InChI is InChI=1S/C59H66N10O11S.C2HF3O2/c1-6-79-57(73)51-52(71)50(81-56(51)65-43-10-8-7-9-11-43)35-39-12-21-49(48(70)34-39)80-33-32-78-31-30-77-29-28-76-27-26-64-55(72)42-36-46(68(4)58(74)66(2)44-17-13-40(14-18-44)53-60-22-23-61-53)38-47(37-42)69(5)59(75)67(3)45-19-15-41(16-20-45)54-62-24-25-63-54;3-2(4,5)1(6)7/h7-21,34-38,70-71H,6,22-33H2,1-5H3,(H,60,61)(H,62,63)(H,64,72);(H,6,7)/b50-35-,65-56?;. The van der Waals surface area contributed by atoms with Gasteiger partial charge < -0.3 is 55.0 Å². The highest BCUT2D eigenvalue weighted by Gasteiger charge is 2.38. The van der Waals surface area contributed by atoms with Gasteiger partial charge in [0.2, 0.25) is 0 Å². The summed E-state index contributed by atoms with van der Waals surface area (Å²) in [4.78, 5) is 83.2. The van der Waals surface area contributed by atoms with Crippen LogP contribution in [-0.4, -0.2) is 182 Å². The number of hydrogen-bond acceptors (Lipinski definition) is 18. The molecule has 5 aromatic rings. The van der Waals surface area contributed by atoms with Crippen molar-refractivity contribution in [3.8, 4) is 11.5 Å².